The van der Waals surface area contributed by atoms with Gasteiger partial charge in [0.05, 0.1) is 28.0 Å². The molecule has 0 spiro atoms. The second-order valence-corrected chi connectivity index (χ2v) is 15.0. The van der Waals surface area contributed by atoms with Crippen molar-refractivity contribution in [3.63, 3.8) is 0 Å². The molecule has 0 amide bonds. The Labute approximate surface area is 308 Å². The van der Waals surface area contributed by atoms with Crippen molar-refractivity contribution in [2.75, 3.05) is 0 Å². The van der Waals surface area contributed by atoms with Gasteiger partial charge in [-0.25, -0.2) is 9.97 Å². The van der Waals surface area contributed by atoms with E-state index in [1.807, 2.05) is 47.0 Å². The zero-order valence-electron chi connectivity index (χ0n) is 35.7. The minimum atomic E-state index is -2.47. The van der Waals surface area contributed by atoms with Gasteiger partial charge in [0.1, 0.15) is 11.4 Å². The molecular formula is C47H43N3O. The number of pyridine rings is 1. The van der Waals surface area contributed by atoms with Gasteiger partial charge in [0, 0.05) is 30.0 Å². The Morgan fingerprint density at radius 3 is 2.14 bits per heavy atom. The molecule has 0 fully saturated rings. The van der Waals surface area contributed by atoms with E-state index in [2.05, 4.69) is 77.9 Å². The normalized spacial score (nSPS) is 15.8. The molecule has 0 saturated heterocycles. The quantitative estimate of drug-likeness (QED) is 0.183. The maximum atomic E-state index is 8.70. The van der Waals surface area contributed by atoms with Gasteiger partial charge in [-0.2, -0.15) is 0 Å². The van der Waals surface area contributed by atoms with Gasteiger partial charge < -0.3 is 4.42 Å². The van der Waals surface area contributed by atoms with E-state index in [0.29, 0.717) is 44.5 Å². The van der Waals surface area contributed by atoms with Gasteiger partial charge in [0.2, 0.25) is 5.71 Å². The van der Waals surface area contributed by atoms with Crippen LogP contribution >= 0.6 is 0 Å². The molecule has 3 aromatic heterocycles. The van der Waals surface area contributed by atoms with Crippen LogP contribution in [-0.2, 0) is 5.41 Å². The summed E-state index contributed by atoms with van der Waals surface area (Å²) in [5.74, 6) is 0.527. The van der Waals surface area contributed by atoms with Crippen LogP contribution in [0.4, 0.5) is 0 Å². The summed E-state index contributed by atoms with van der Waals surface area (Å²) < 4.78 is 60.9. The maximum absolute atomic E-state index is 8.70. The fraction of sp³-hybridized carbons (Fsp3) is 0.234. The molecule has 252 valence electrons. The highest BCUT2D eigenvalue weighted by Crippen LogP contribution is 2.50. The lowest BCUT2D eigenvalue weighted by atomic mass is 9.82. The lowest BCUT2D eigenvalue weighted by Gasteiger charge is -2.25. The third kappa shape index (κ3) is 4.58. The van der Waals surface area contributed by atoms with Gasteiger partial charge in [0.25, 0.3) is 0 Å². The Hall–Kier alpha value is -5.48. The summed E-state index contributed by atoms with van der Waals surface area (Å²) in [4.78, 5) is 10.4. The zero-order chi connectivity index (χ0) is 40.3. The number of aromatic nitrogens is 3. The van der Waals surface area contributed by atoms with Crippen LogP contribution in [0.15, 0.2) is 108 Å². The number of fused-ring (bicyclic) bond motifs is 7. The first kappa shape index (κ1) is 25.5. The Morgan fingerprint density at radius 2 is 1.41 bits per heavy atom. The standard InChI is InChI=1S/C47H43N3O/c1-26(2)34-23-31(30-16-10-9-11-17-30)24-35(27(3)4)43(34)50-42-29(6)15-14-20-39(42)48-45(50)33-22-21-28(5)40-36-25-38-41(49-46(36)51-44(33)40)32-18-12-13-19-37(32)47(38,7)8/h9-27H,1-8H3/i5D3,6D3. The number of nitrogens with zero attached hydrogens (tertiary/aromatic N) is 3. The van der Waals surface area contributed by atoms with Gasteiger partial charge >= 0.3 is 0 Å². The summed E-state index contributed by atoms with van der Waals surface area (Å²) in [6.45, 7) is 7.99. The molecular weight excluding hydrogens is 623 g/mol. The van der Waals surface area contributed by atoms with Gasteiger partial charge in [-0.15, -0.1) is 0 Å². The summed E-state index contributed by atoms with van der Waals surface area (Å²) in [6.07, 6.45) is 0. The predicted molar refractivity (Wildman–Crippen MR) is 212 cm³/mol. The van der Waals surface area contributed by atoms with E-state index in [-0.39, 0.29) is 28.4 Å². The first-order chi connectivity index (χ1) is 27.0. The van der Waals surface area contributed by atoms with E-state index in [1.54, 1.807) is 24.3 Å². The second-order valence-electron chi connectivity index (χ2n) is 15.0. The monoisotopic (exact) mass is 671 g/mol. The number of imidazole rings is 1. The lowest BCUT2D eigenvalue weighted by molar-refractivity contribution is 0.647. The van der Waals surface area contributed by atoms with E-state index < -0.39 is 13.7 Å². The van der Waals surface area contributed by atoms with Crippen molar-refractivity contribution in [2.45, 2.75) is 72.5 Å². The van der Waals surface area contributed by atoms with Crippen molar-refractivity contribution in [3.8, 4) is 39.5 Å². The van der Waals surface area contributed by atoms with Crippen molar-refractivity contribution in [2.24, 2.45) is 0 Å². The molecule has 0 bridgehead atoms. The molecule has 8 aromatic rings. The molecule has 3 heterocycles. The van der Waals surface area contributed by atoms with Crippen LogP contribution in [0.1, 0.15) is 95.0 Å². The lowest BCUT2D eigenvalue weighted by Crippen LogP contribution is -2.14. The van der Waals surface area contributed by atoms with Crippen LogP contribution in [-0.4, -0.2) is 14.5 Å². The summed E-state index contributed by atoms with van der Waals surface area (Å²) in [6, 6.07) is 33.6. The van der Waals surface area contributed by atoms with Gasteiger partial charge in [-0.05, 0) is 100 Å². The minimum Gasteiger partial charge on any atom is -0.437 e. The minimum absolute atomic E-state index is 0.0355. The van der Waals surface area contributed by atoms with Crippen LogP contribution in [0.3, 0.4) is 0 Å². The fourth-order valence-corrected chi connectivity index (χ4v) is 8.18. The highest BCUT2D eigenvalue weighted by atomic mass is 16.3. The molecule has 1 aliphatic rings. The van der Waals surface area contributed by atoms with E-state index in [9.17, 15) is 0 Å². The zero-order valence-corrected chi connectivity index (χ0v) is 29.7. The van der Waals surface area contributed by atoms with Crippen LogP contribution in [0.2, 0.25) is 0 Å². The van der Waals surface area contributed by atoms with Crippen LogP contribution < -0.4 is 0 Å². The molecule has 1 aliphatic carbocycles. The van der Waals surface area contributed by atoms with Crippen molar-refractivity contribution in [3.05, 3.63) is 137 Å². The number of aryl methyl sites for hydroxylation is 2. The first-order valence-corrected chi connectivity index (χ1v) is 17.7. The third-order valence-corrected chi connectivity index (χ3v) is 10.8. The van der Waals surface area contributed by atoms with Crippen LogP contribution in [0, 0.1) is 13.7 Å². The molecule has 0 unspecified atom stereocenters. The molecule has 51 heavy (non-hydrogen) atoms. The average Bonchev–Trinajstić information content (AvgIpc) is 3.80. The molecule has 0 saturated carbocycles. The highest BCUT2D eigenvalue weighted by Gasteiger charge is 2.37. The molecule has 0 atom stereocenters. The molecule has 0 radical (unpaired) electrons. The summed E-state index contributed by atoms with van der Waals surface area (Å²) in [5, 5.41) is 1.06. The maximum Gasteiger partial charge on any atom is 0.227 e. The Balaban J connectivity index is 1.43. The molecule has 5 aromatic carbocycles. The number of hydrogen-bond donors (Lipinski definition) is 0. The molecule has 4 heteroatoms. The second kappa shape index (κ2) is 11.3. The van der Waals surface area contributed by atoms with Crippen molar-refractivity contribution in [1.29, 1.82) is 0 Å². The largest absolute Gasteiger partial charge is 0.437 e. The smallest absolute Gasteiger partial charge is 0.227 e. The summed E-state index contributed by atoms with van der Waals surface area (Å²) in [5.41, 5.74) is 11.2. The number of benzene rings is 5. The number of para-hydroxylation sites is 1. The van der Waals surface area contributed by atoms with E-state index in [0.717, 1.165) is 50.3 Å². The van der Waals surface area contributed by atoms with Crippen molar-refractivity contribution >= 4 is 33.1 Å². The SMILES string of the molecule is [2H]C([2H])([2H])c1ccc(-c2nc3cccc(C([2H])([2H])[2H])c3n2-c2c(C(C)C)cc(-c3ccccc3)cc2C(C)C)c2oc3nc4c(cc3c12)C(C)(C)c1ccccc1-4. The topological polar surface area (TPSA) is 43.9 Å². The summed E-state index contributed by atoms with van der Waals surface area (Å²) in [7, 11) is 0. The summed E-state index contributed by atoms with van der Waals surface area (Å²) >= 11 is 0. The average molecular weight is 672 g/mol. The first-order valence-electron chi connectivity index (χ1n) is 20.7. The highest BCUT2D eigenvalue weighted by molar-refractivity contribution is 6.11. The van der Waals surface area contributed by atoms with Crippen molar-refractivity contribution < 1.29 is 12.6 Å². The van der Waals surface area contributed by atoms with Gasteiger partial charge in [-0.1, -0.05) is 114 Å². The Morgan fingerprint density at radius 1 is 0.686 bits per heavy atom. The third-order valence-electron chi connectivity index (χ3n) is 10.8. The van der Waals surface area contributed by atoms with E-state index in [4.69, 9.17) is 22.6 Å². The van der Waals surface area contributed by atoms with E-state index >= 15 is 0 Å². The Bertz CT molecular complexity index is 2880. The number of furan rings is 1. The van der Waals surface area contributed by atoms with Crippen LogP contribution in [0.5, 0.6) is 0 Å². The van der Waals surface area contributed by atoms with Gasteiger partial charge in [-0.3, -0.25) is 4.57 Å². The molecule has 4 nitrogen and oxygen atoms in total. The molecule has 0 N–H and O–H groups in total. The van der Waals surface area contributed by atoms with Crippen LogP contribution in [0.25, 0.3) is 72.6 Å². The number of rotatable bonds is 5. The van der Waals surface area contributed by atoms with Crippen molar-refractivity contribution in [1.82, 2.24) is 14.5 Å². The van der Waals surface area contributed by atoms with E-state index in [1.165, 1.54) is 0 Å². The van der Waals surface area contributed by atoms with Gasteiger partial charge in [0.15, 0.2) is 0 Å². The number of hydrogen-bond acceptors (Lipinski definition) is 3. The molecule has 0 aliphatic heterocycles. The Kier molecular flexibility index (Phi) is 5.62. The fourth-order valence-electron chi connectivity index (χ4n) is 8.18. The predicted octanol–water partition coefficient (Wildman–Crippen LogP) is 12.8. The molecule has 9 rings (SSSR count).